The van der Waals surface area contributed by atoms with Crippen molar-refractivity contribution >= 4 is 21.8 Å². The molecule has 0 aliphatic heterocycles. The average Bonchev–Trinajstić information content (AvgIpc) is 2.37. The van der Waals surface area contributed by atoms with E-state index in [1.54, 1.807) is 13.0 Å². The zero-order valence-corrected chi connectivity index (χ0v) is 12.5. The van der Waals surface area contributed by atoms with Gasteiger partial charge in [-0.3, -0.25) is 4.79 Å². The maximum absolute atomic E-state index is 13.7. The Balaban J connectivity index is 2.63. The van der Waals surface area contributed by atoms with Crippen LogP contribution in [-0.2, 0) is 4.74 Å². The summed E-state index contributed by atoms with van der Waals surface area (Å²) in [5.41, 5.74) is -1.15. The molecule has 1 amide bonds. The van der Waals surface area contributed by atoms with Crippen LogP contribution >= 0.6 is 15.9 Å². The van der Waals surface area contributed by atoms with Crippen LogP contribution in [0, 0.1) is 5.82 Å². The lowest BCUT2D eigenvalue weighted by Gasteiger charge is -2.23. The number of rotatable bonds is 6. The number of carbonyl (C=O) groups is 1. The van der Waals surface area contributed by atoms with E-state index in [-0.39, 0.29) is 16.6 Å². The van der Waals surface area contributed by atoms with Gasteiger partial charge in [0.1, 0.15) is 5.82 Å². The minimum atomic E-state index is -1.09. The third-order valence-electron chi connectivity index (χ3n) is 2.67. The van der Waals surface area contributed by atoms with Crippen molar-refractivity contribution in [2.24, 2.45) is 0 Å². The highest BCUT2D eigenvalue weighted by Gasteiger charge is 2.22. The molecule has 0 aromatic heterocycles. The Labute approximate surface area is 120 Å². The number of carbonyl (C=O) groups excluding carboxylic acids is 1. The van der Waals surface area contributed by atoms with Crippen LogP contribution in [0.2, 0.25) is 0 Å². The number of halogens is 2. The van der Waals surface area contributed by atoms with E-state index in [1.165, 1.54) is 19.2 Å². The summed E-state index contributed by atoms with van der Waals surface area (Å²) < 4.78 is 18.8. The van der Waals surface area contributed by atoms with Crippen LogP contribution in [0.5, 0.6) is 0 Å². The van der Waals surface area contributed by atoms with Crippen molar-refractivity contribution in [2.75, 3.05) is 20.3 Å². The third-order valence-corrected chi connectivity index (χ3v) is 3.28. The predicted molar refractivity (Wildman–Crippen MR) is 73.6 cm³/mol. The molecule has 1 unspecified atom stereocenters. The Hall–Kier alpha value is -0.980. The predicted octanol–water partition coefficient (Wildman–Crippen LogP) is 2.11. The number of nitrogens with one attached hydrogen (secondary N) is 1. The van der Waals surface area contributed by atoms with Crippen molar-refractivity contribution < 1.29 is 19.0 Å². The number of amides is 1. The topological polar surface area (TPSA) is 58.6 Å². The highest BCUT2D eigenvalue weighted by molar-refractivity contribution is 9.10. The Kier molecular flexibility index (Phi) is 5.90. The fraction of sp³-hybridized carbons (Fsp3) is 0.462. The van der Waals surface area contributed by atoms with Crippen LogP contribution in [0.25, 0.3) is 0 Å². The monoisotopic (exact) mass is 333 g/mol. The molecule has 0 bridgehead atoms. The molecule has 0 fully saturated rings. The van der Waals surface area contributed by atoms with E-state index in [0.717, 1.165) is 0 Å². The fourth-order valence-corrected chi connectivity index (χ4v) is 1.82. The van der Waals surface area contributed by atoms with Gasteiger partial charge in [0.15, 0.2) is 0 Å². The number of benzene rings is 1. The minimum Gasteiger partial charge on any atom is -0.388 e. The first-order valence-corrected chi connectivity index (χ1v) is 6.60. The van der Waals surface area contributed by atoms with E-state index < -0.39 is 17.3 Å². The molecule has 106 valence electrons. The smallest absolute Gasteiger partial charge is 0.254 e. The van der Waals surface area contributed by atoms with Crippen LogP contribution < -0.4 is 5.32 Å². The minimum absolute atomic E-state index is 0.0289. The normalized spacial score (nSPS) is 13.9. The Bertz CT molecular complexity index is 452. The molecule has 1 aromatic carbocycles. The molecule has 0 aliphatic rings. The number of aliphatic hydroxyl groups is 1. The summed E-state index contributed by atoms with van der Waals surface area (Å²) >= 11 is 3.02. The van der Waals surface area contributed by atoms with Gasteiger partial charge in [0.25, 0.3) is 5.91 Å². The molecule has 0 radical (unpaired) electrons. The van der Waals surface area contributed by atoms with Crippen molar-refractivity contribution in [3.63, 3.8) is 0 Å². The summed E-state index contributed by atoms with van der Waals surface area (Å²) in [5, 5.41) is 12.5. The quantitative estimate of drug-likeness (QED) is 0.838. The highest BCUT2D eigenvalue weighted by atomic mass is 79.9. The maximum Gasteiger partial charge on any atom is 0.254 e. The van der Waals surface area contributed by atoms with Gasteiger partial charge in [-0.1, -0.05) is 6.07 Å². The van der Waals surface area contributed by atoms with Gasteiger partial charge in [-0.2, -0.15) is 0 Å². The van der Waals surface area contributed by atoms with Crippen LogP contribution in [-0.4, -0.2) is 36.9 Å². The molecular weight excluding hydrogens is 317 g/mol. The zero-order valence-electron chi connectivity index (χ0n) is 10.9. The summed E-state index contributed by atoms with van der Waals surface area (Å²) in [4.78, 5) is 11.8. The summed E-state index contributed by atoms with van der Waals surface area (Å²) in [6.07, 6.45) is 0.380. The summed E-state index contributed by atoms with van der Waals surface area (Å²) in [5.74, 6) is -1.17. The molecule has 0 aliphatic carbocycles. The van der Waals surface area contributed by atoms with Gasteiger partial charge in [-0.05, 0) is 35.0 Å². The molecule has 4 nitrogen and oxygen atoms in total. The van der Waals surface area contributed by atoms with Crippen molar-refractivity contribution in [3.8, 4) is 0 Å². The second-order valence-corrected chi connectivity index (χ2v) is 5.38. The average molecular weight is 334 g/mol. The number of hydrogen-bond donors (Lipinski definition) is 2. The third kappa shape index (κ3) is 4.89. The lowest BCUT2D eigenvalue weighted by molar-refractivity contribution is 0.0243. The number of hydrogen-bond acceptors (Lipinski definition) is 3. The molecule has 1 aromatic rings. The van der Waals surface area contributed by atoms with E-state index >= 15 is 0 Å². The van der Waals surface area contributed by atoms with Gasteiger partial charge in [0.2, 0.25) is 0 Å². The van der Waals surface area contributed by atoms with E-state index in [9.17, 15) is 14.3 Å². The Morgan fingerprint density at radius 3 is 2.89 bits per heavy atom. The van der Waals surface area contributed by atoms with Gasteiger partial charge >= 0.3 is 0 Å². The Morgan fingerprint density at radius 1 is 1.58 bits per heavy atom. The molecule has 6 heteroatoms. The number of ether oxygens (including phenoxy) is 1. The first kappa shape index (κ1) is 16.1. The molecule has 1 rings (SSSR count). The van der Waals surface area contributed by atoms with Crippen molar-refractivity contribution in [1.29, 1.82) is 0 Å². The SMILES string of the molecule is COCCC(C)(O)CNC(=O)c1cccc(Br)c1F. The fourth-order valence-electron chi connectivity index (χ4n) is 1.46. The van der Waals surface area contributed by atoms with E-state index in [4.69, 9.17) is 4.74 Å². The van der Waals surface area contributed by atoms with E-state index in [0.29, 0.717) is 13.0 Å². The van der Waals surface area contributed by atoms with Gasteiger partial charge in [-0.25, -0.2) is 4.39 Å². The molecule has 19 heavy (non-hydrogen) atoms. The van der Waals surface area contributed by atoms with Crippen LogP contribution in [0.1, 0.15) is 23.7 Å². The molecular formula is C13H17BrFNO3. The van der Waals surface area contributed by atoms with Crippen LogP contribution in [0.15, 0.2) is 22.7 Å². The molecule has 0 saturated heterocycles. The van der Waals surface area contributed by atoms with Gasteiger partial charge < -0.3 is 15.2 Å². The zero-order chi connectivity index (χ0) is 14.5. The Morgan fingerprint density at radius 2 is 2.26 bits per heavy atom. The van der Waals surface area contributed by atoms with Crippen LogP contribution in [0.4, 0.5) is 4.39 Å². The number of methoxy groups -OCH3 is 1. The summed E-state index contributed by atoms with van der Waals surface area (Å²) in [7, 11) is 1.53. The summed E-state index contributed by atoms with van der Waals surface area (Å²) in [6, 6.07) is 4.48. The van der Waals surface area contributed by atoms with E-state index in [2.05, 4.69) is 21.2 Å². The van der Waals surface area contributed by atoms with Crippen LogP contribution in [0.3, 0.4) is 0 Å². The first-order chi connectivity index (χ1) is 8.87. The van der Waals surface area contributed by atoms with Gasteiger partial charge in [0.05, 0.1) is 15.6 Å². The summed E-state index contributed by atoms with van der Waals surface area (Å²) in [6.45, 7) is 2.00. The highest BCUT2D eigenvalue weighted by Crippen LogP contribution is 2.18. The maximum atomic E-state index is 13.7. The molecule has 0 spiro atoms. The van der Waals surface area contributed by atoms with E-state index in [1.807, 2.05) is 0 Å². The van der Waals surface area contributed by atoms with Gasteiger partial charge in [-0.15, -0.1) is 0 Å². The largest absolute Gasteiger partial charge is 0.388 e. The van der Waals surface area contributed by atoms with Gasteiger partial charge in [0, 0.05) is 26.7 Å². The molecule has 2 N–H and O–H groups in total. The van der Waals surface area contributed by atoms with Crippen molar-refractivity contribution in [2.45, 2.75) is 18.9 Å². The lowest BCUT2D eigenvalue weighted by Crippen LogP contribution is -2.41. The lowest BCUT2D eigenvalue weighted by atomic mass is 10.0. The molecule has 0 heterocycles. The molecule has 1 atom stereocenters. The second-order valence-electron chi connectivity index (χ2n) is 4.52. The van der Waals surface area contributed by atoms with Crippen molar-refractivity contribution in [3.05, 3.63) is 34.1 Å². The second kappa shape index (κ2) is 6.98. The molecule has 0 saturated carbocycles. The first-order valence-electron chi connectivity index (χ1n) is 5.81. The van der Waals surface area contributed by atoms with Crippen molar-refractivity contribution in [1.82, 2.24) is 5.32 Å². The standard InChI is InChI=1S/C13H17BrFNO3/c1-13(18,6-7-19-2)8-16-12(17)9-4-3-5-10(14)11(9)15/h3-5,18H,6-8H2,1-2H3,(H,16,17).